The monoisotopic (exact) mass is 380 g/mol. The van der Waals surface area contributed by atoms with E-state index in [1.54, 1.807) is 19.1 Å². The summed E-state index contributed by atoms with van der Waals surface area (Å²) >= 11 is 1.53. The summed E-state index contributed by atoms with van der Waals surface area (Å²) in [7, 11) is 0. The van der Waals surface area contributed by atoms with Crippen molar-refractivity contribution in [1.82, 2.24) is 4.98 Å². The van der Waals surface area contributed by atoms with Crippen molar-refractivity contribution in [2.24, 2.45) is 0 Å². The van der Waals surface area contributed by atoms with Gasteiger partial charge in [-0.15, -0.1) is 11.3 Å². The highest BCUT2D eigenvalue weighted by Gasteiger charge is 2.15. The van der Waals surface area contributed by atoms with E-state index in [2.05, 4.69) is 10.3 Å². The normalized spacial score (nSPS) is 11.0. The minimum Gasteiger partial charge on any atom is -0.440 e. The topological polar surface area (TPSA) is 85.3 Å². The number of rotatable bonds is 4. The maximum Gasteiger partial charge on any atom is 0.336 e. The van der Waals surface area contributed by atoms with E-state index < -0.39 is 5.63 Å². The van der Waals surface area contributed by atoms with Gasteiger partial charge in [-0.1, -0.05) is 6.07 Å². The molecule has 0 aliphatic rings. The third-order valence-corrected chi connectivity index (χ3v) is 5.05. The van der Waals surface area contributed by atoms with E-state index in [4.69, 9.17) is 8.83 Å². The summed E-state index contributed by atoms with van der Waals surface area (Å²) in [6, 6.07) is 10.5. The molecule has 0 aliphatic carbocycles. The van der Waals surface area contributed by atoms with Crippen LogP contribution in [0.1, 0.15) is 17.0 Å². The largest absolute Gasteiger partial charge is 0.440 e. The van der Waals surface area contributed by atoms with E-state index in [1.807, 2.05) is 30.5 Å². The van der Waals surface area contributed by atoms with Crippen molar-refractivity contribution in [3.63, 3.8) is 0 Å². The minimum absolute atomic E-state index is 0.0938. The zero-order valence-electron chi connectivity index (χ0n) is 14.7. The lowest BCUT2D eigenvalue weighted by Gasteiger charge is -2.06. The molecule has 7 heteroatoms. The van der Waals surface area contributed by atoms with Crippen LogP contribution in [0.25, 0.3) is 21.7 Å². The number of benzene rings is 1. The van der Waals surface area contributed by atoms with Gasteiger partial charge in [0.15, 0.2) is 0 Å². The Morgan fingerprint density at radius 1 is 1.19 bits per heavy atom. The summed E-state index contributed by atoms with van der Waals surface area (Å²) in [6.07, 6.45) is 0.0938. The molecular weight excluding hydrogens is 364 g/mol. The van der Waals surface area contributed by atoms with Gasteiger partial charge >= 0.3 is 5.63 Å². The second-order valence-electron chi connectivity index (χ2n) is 6.18. The van der Waals surface area contributed by atoms with Crippen LogP contribution in [-0.2, 0) is 11.2 Å². The zero-order valence-corrected chi connectivity index (χ0v) is 15.6. The predicted molar refractivity (Wildman–Crippen MR) is 104 cm³/mol. The highest BCUT2D eigenvalue weighted by molar-refractivity contribution is 7.13. The molecule has 1 N–H and O–H groups in total. The Bertz CT molecular complexity index is 1190. The van der Waals surface area contributed by atoms with Gasteiger partial charge in [0, 0.05) is 23.2 Å². The average Bonchev–Trinajstić information content (AvgIpc) is 3.25. The first-order valence-electron chi connectivity index (χ1n) is 8.34. The molecule has 1 amide bonds. The van der Waals surface area contributed by atoms with Crippen LogP contribution in [0, 0.1) is 13.8 Å². The quantitative estimate of drug-likeness (QED) is 0.533. The molecule has 0 radical (unpaired) electrons. The molecule has 3 aromatic heterocycles. The van der Waals surface area contributed by atoms with Gasteiger partial charge in [0.1, 0.15) is 11.3 Å². The summed E-state index contributed by atoms with van der Waals surface area (Å²) in [6.45, 7) is 3.64. The lowest BCUT2D eigenvalue weighted by atomic mass is 10.1. The number of nitrogens with zero attached hydrogens (tertiary/aromatic N) is 1. The molecule has 0 saturated heterocycles. The number of anilines is 1. The average molecular weight is 380 g/mol. The Kier molecular flexibility index (Phi) is 4.37. The second kappa shape index (κ2) is 6.85. The van der Waals surface area contributed by atoms with Gasteiger partial charge in [-0.3, -0.25) is 4.79 Å². The van der Waals surface area contributed by atoms with Crippen LogP contribution in [0.15, 0.2) is 55.4 Å². The van der Waals surface area contributed by atoms with Crippen LogP contribution < -0.4 is 10.9 Å². The summed E-state index contributed by atoms with van der Waals surface area (Å²) in [4.78, 5) is 29.3. The fourth-order valence-corrected chi connectivity index (χ4v) is 3.51. The van der Waals surface area contributed by atoms with Crippen molar-refractivity contribution in [3.05, 3.63) is 69.2 Å². The molecule has 1 aromatic carbocycles. The summed E-state index contributed by atoms with van der Waals surface area (Å²) < 4.78 is 10.9. The highest BCUT2D eigenvalue weighted by atomic mass is 32.1. The van der Waals surface area contributed by atoms with E-state index in [-0.39, 0.29) is 12.3 Å². The maximum atomic E-state index is 12.4. The van der Waals surface area contributed by atoms with Crippen molar-refractivity contribution < 1.29 is 13.6 Å². The van der Waals surface area contributed by atoms with Crippen LogP contribution in [0.5, 0.6) is 0 Å². The van der Waals surface area contributed by atoms with Gasteiger partial charge < -0.3 is 14.2 Å². The summed E-state index contributed by atoms with van der Waals surface area (Å²) in [5, 5.41) is 5.59. The van der Waals surface area contributed by atoms with Gasteiger partial charge in [-0.25, -0.2) is 9.78 Å². The van der Waals surface area contributed by atoms with Crippen LogP contribution in [0.4, 0.5) is 5.69 Å². The Labute approximate surface area is 158 Å². The number of oxazole rings is 1. The molecule has 0 spiro atoms. The molecule has 4 aromatic rings. The van der Waals surface area contributed by atoms with Crippen molar-refractivity contribution in [3.8, 4) is 10.8 Å². The van der Waals surface area contributed by atoms with Crippen molar-refractivity contribution in [2.45, 2.75) is 20.3 Å². The molecule has 6 nitrogen and oxygen atoms in total. The molecule has 0 saturated carbocycles. The number of aromatic nitrogens is 1. The molecule has 0 aliphatic heterocycles. The van der Waals surface area contributed by atoms with Crippen LogP contribution in [-0.4, -0.2) is 10.9 Å². The van der Waals surface area contributed by atoms with Crippen LogP contribution in [0.3, 0.4) is 0 Å². The molecule has 27 heavy (non-hydrogen) atoms. The Balaban J connectivity index is 1.53. The lowest BCUT2D eigenvalue weighted by Crippen LogP contribution is -2.15. The fraction of sp³-hybridized carbons (Fsp3) is 0.150. The first kappa shape index (κ1) is 17.2. The first-order chi connectivity index (χ1) is 13.0. The molecule has 0 fully saturated rings. The van der Waals surface area contributed by atoms with Crippen molar-refractivity contribution in [1.29, 1.82) is 0 Å². The molecule has 136 valence electrons. The van der Waals surface area contributed by atoms with Gasteiger partial charge in [0.05, 0.1) is 17.0 Å². The minimum atomic E-state index is -0.414. The zero-order chi connectivity index (χ0) is 19.0. The van der Waals surface area contributed by atoms with E-state index in [1.165, 1.54) is 17.4 Å². The van der Waals surface area contributed by atoms with Crippen LogP contribution in [0.2, 0.25) is 0 Å². The Morgan fingerprint density at radius 2 is 2.04 bits per heavy atom. The number of fused-ring (bicyclic) bond motifs is 1. The van der Waals surface area contributed by atoms with Gasteiger partial charge in [0.25, 0.3) is 0 Å². The standard InChI is InChI=1S/C20H16N2O4S/c1-11-8-19(24)26-16-9-13(5-6-14(11)16)21-18(23)10-15-12(2)25-20(22-15)17-4-3-7-27-17/h3-9H,10H2,1-2H3,(H,21,23). The number of hydrogen-bond donors (Lipinski definition) is 1. The maximum absolute atomic E-state index is 12.4. The number of amides is 1. The third kappa shape index (κ3) is 3.54. The molecule has 0 atom stereocenters. The number of carbonyl (C=O) groups excluding carboxylic acids is 1. The SMILES string of the molecule is Cc1oc(-c2cccs2)nc1CC(=O)Nc1ccc2c(C)cc(=O)oc2c1. The number of nitrogens with one attached hydrogen (secondary N) is 1. The number of thiophene rings is 1. The van der Waals surface area contributed by atoms with Gasteiger partial charge in [0.2, 0.25) is 11.8 Å². The number of aryl methyl sites for hydroxylation is 2. The van der Waals surface area contributed by atoms with E-state index in [9.17, 15) is 9.59 Å². The molecular formula is C20H16N2O4S. The van der Waals surface area contributed by atoms with Crippen molar-refractivity contribution >= 4 is 33.9 Å². The first-order valence-corrected chi connectivity index (χ1v) is 9.22. The van der Waals surface area contributed by atoms with Gasteiger partial charge in [-0.2, -0.15) is 0 Å². The fourth-order valence-electron chi connectivity index (χ4n) is 2.86. The highest BCUT2D eigenvalue weighted by Crippen LogP contribution is 2.26. The number of carbonyl (C=O) groups is 1. The molecule has 0 unspecified atom stereocenters. The molecule has 0 bridgehead atoms. The van der Waals surface area contributed by atoms with Crippen LogP contribution >= 0.6 is 11.3 Å². The Morgan fingerprint density at radius 3 is 2.81 bits per heavy atom. The van der Waals surface area contributed by atoms with E-state index >= 15 is 0 Å². The van der Waals surface area contributed by atoms with Crippen molar-refractivity contribution in [2.75, 3.05) is 5.32 Å². The molecule has 4 rings (SSSR count). The summed E-state index contributed by atoms with van der Waals surface area (Å²) in [5.41, 5.74) is 2.01. The third-order valence-electron chi connectivity index (χ3n) is 4.19. The lowest BCUT2D eigenvalue weighted by molar-refractivity contribution is -0.115. The second-order valence-corrected chi connectivity index (χ2v) is 7.13. The van der Waals surface area contributed by atoms with E-state index in [0.29, 0.717) is 28.6 Å². The Hall–Kier alpha value is -3.19. The predicted octanol–water partition coefficient (Wildman–Crippen LogP) is 4.31. The molecule has 3 heterocycles. The van der Waals surface area contributed by atoms with Gasteiger partial charge in [-0.05, 0) is 43.0 Å². The number of hydrogen-bond acceptors (Lipinski definition) is 6. The summed E-state index contributed by atoms with van der Waals surface area (Å²) in [5.74, 6) is 0.917. The van der Waals surface area contributed by atoms with E-state index in [0.717, 1.165) is 15.8 Å². The smallest absolute Gasteiger partial charge is 0.336 e.